The van der Waals surface area contributed by atoms with Gasteiger partial charge in [-0.3, -0.25) is 0 Å². The molecule has 1 aliphatic carbocycles. The summed E-state index contributed by atoms with van der Waals surface area (Å²) in [6.07, 6.45) is 1.88. The first-order valence-electron chi connectivity index (χ1n) is 8.14. The average Bonchev–Trinajstić information content (AvgIpc) is 3.13. The third-order valence-electron chi connectivity index (χ3n) is 4.71. The number of hydrogen-bond acceptors (Lipinski definition) is 4. The van der Waals surface area contributed by atoms with Crippen molar-refractivity contribution in [2.24, 2.45) is 5.92 Å². The number of nitrogens with one attached hydrogen (secondary N) is 2. The monoisotopic (exact) mass is 332 g/mol. The zero-order chi connectivity index (χ0) is 16.3. The molecule has 0 amide bonds. The van der Waals surface area contributed by atoms with Gasteiger partial charge < -0.3 is 19.9 Å². The van der Waals surface area contributed by atoms with Gasteiger partial charge in [-0.05, 0) is 18.8 Å². The van der Waals surface area contributed by atoms with E-state index in [9.17, 15) is 13.2 Å². The molecule has 2 heterocycles. The summed E-state index contributed by atoms with van der Waals surface area (Å²) in [4.78, 5) is 4.06. The van der Waals surface area contributed by atoms with Gasteiger partial charge in [-0.15, -0.1) is 0 Å². The summed E-state index contributed by atoms with van der Waals surface area (Å²) >= 11 is 0. The molecule has 130 valence electrons. The van der Waals surface area contributed by atoms with E-state index >= 15 is 0 Å². The minimum absolute atomic E-state index is 0.297. The molecule has 1 aromatic rings. The summed E-state index contributed by atoms with van der Waals surface area (Å²) in [7, 11) is 0. The molecule has 1 aliphatic heterocycles. The molecule has 0 aromatic carbocycles. The third-order valence-corrected chi connectivity index (χ3v) is 4.71. The van der Waals surface area contributed by atoms with Crippen molar-refractivity contribution in [3.8, 4) is 0 Å². The first-order chi connectivity index (χ1) is 11.0. The lowest BCUT2D eigenvalue weighted by Gasteiger charge is -2.33. The van der Waals surface area contributed by atoms with E-state index < -0.39 is 12.7 Å². The fourth-order valence-corrected chi connectivity index (χ4v) is 3.65. The maximum absolute atomic E-state index is 12.6. The van der Waals surface area contributed by atoms with E-state index in [1.54, 1.807) is 0 Å². The average molecular weight is 332 g/mol. The highest BCUT2D eigenvalue weighted by Gasteiger charge is 2.35. The highest BCUT2D eigenvalue weighted by atomic mass is 19.4. The van der Waals surface area contributed by atoms with Crippen LogP contribution in [0.15, 0.2) is 12.4 Å². The topological polar surface area (TPSA) is 51.1 Å². The summed E-state index contributed by atoms with van der Waals surface area (Å²) in [5.41, 5.74) is 0. The van der Waals surface area contributed by atoms with Crippen LogP contribution in [0.4, 0.5) is 13.2 Å². The smallest absolute Gasteiger partial charge is 0.379 e. The van der Waals surface area contributed by atoms with Gasteiger partial charge in [0.1, 0.15) is 12.4 Å². The highest BCUT2D eigenvalue weighted by Crippen LogP contribution is 2.29. The Labute approximate surface area is 133 Å². The van der Waals surface area contributed by atoms with Gasteiger partial charge in [0, 0.05) is 31.0 Å². The molecule has 0 bridgehead atoms. The van der Waals surface area contributed by atoms with E-state index in [-0.39, 0.29) is 0 Å². The van der Waals surface area contributed by atoms with Crippen LogP contribution in [0.25, 0.3) is 0 Å². The Hall–Kier alpha value is -1.12. The van der Waals surface area contributed by atoms with Crippen molar-refractivity contribution in [3.63, 3.8) is 0 Å². The van der Waals surface area contributed by atoms with Crippen molar-refractivity contribution in [3.05, 3.63) is 18.2 Å². The minimum Gasteiger partial charge on any atom is -0.379 e. The van der Waals surface area contributed by atoms with Gasteiger partial charge in [-0.2, -0.15) is 13.2 Å². The van der Waals surface area contributed by atoms with Gasteiger partial charge in [0.15, 0.2) is 0 Å². The second-order valence-electron chi connectivity index (χ2n) is 6.30. The molecule has 3 unspecified atom stereocenters. The number of imidazole rings is 1. The van der Waals surface area contributed by atoms with Gasteiger partial charge in [0.25, 0.3) is 0 Å². The molecular weight excluding hydrogens is 309 g/mol. The summed E-state index contributed by atoms with van der Waals surface area (Å²) in [5, 5.41) is 6.90. The number of ether oxygens (including phenoxy) is 1. The third kappa shape index (κ3) is 4.45. The number of hydrogen-bond donors (Lipinski definition) is 2. The van der Waals surface area contributed by atoms with Crippen molar-refractivity contribution < 1.29 is 17.9 Å². The molecule has 3 rings (SSSR count). The Morgan fingerprint density at radius 2 is 2.26 bits per heavy atom. The van der Waals surface area contributed by atoms with Gasteiger partial charge in [0.05, 0.1) is 19.8 Å². The van der Waals surface area contributed by atoms with E-state index in [1.807, 2.05) is 0 Å². The van der Waals surface area contributed by atoms with Crippen molar-refractivity contribution in [1.29, 1.82) is 0 Å². The lowest BCUT2D eigenvalue weighted by atomic mass is 9.94. The SMILES string of the molecule is FC(F)(F)Cn1ccnc1CNC1CCCC1C1COCCN1. The number of nitrogens with zero attached hydrogens (tertiary/aromatic N) is 2. The normalized spacial score (nSPS) is 29.1. The van der Waals surface area contributed by atoms with Crippen molar-refractivity contribution >= 4 is 0 Å². The first-order valence-corrected chi connectivity index (χ1v) is 8.14. The number of alkyl halides is 3. The van der Waals surface area contributed by atoms with Crippen molar-refractivity contribution in [2.45, 2.75) is 50.6 Å². The van der Waals surface area contributed by atoms with Gasteiger partial charge in [-0.25, -0.2) is 4.98 Å². The molecule has 1 saturated heterocycles. The van der Waals surface area contributed by atoms with Crippen LogP contribution in [0.2, 0.25) is 0 Å². The second kappa shape index (κ2) is 7.19. The molecule has 1 aromatic heterocycles. The second-order valence-corrected chi connectivity index (χ2v) is 6.30. The van der Waals surface area contributed by atoms with Gasteiger partial charge in [0.2, 0.25) is 0 Å². The van der Waals surface area contributed by atoms with Crippen LogP contribution >= 0.6 is 0 Å². The number of halogens is 3. The molecule has 23 heavy (non-hydrogen) atoms. The number of rotatable bonds is 5. The van der Waals surface area contributed by atoms with Crippen LogP contribution in [0.3, 0.4) is 0 Å². The Morgan fingerprint density at radius 1 is 1.39 bits per heavy atom. The number of aromatic nitrogens is 2. The molecule has 3 atom stereocenters. The lowest BCUT2D eigenvalue weighted by molar-refractivity contribution is -0.141. The quantitative estimate of drug-likeness (QED) is 0.862. The zero-order valence-electron chi connectivity index (χ0n) is 13.0. The van der Waals surface area contributed by atoms with Gasteiger partial charge >= 0.3 is 6.18 Å². The van der Waals surface area contributed by atoms with E-state index in [2.05, 4.69) is 15.6 Å². The lowest BCUT2D eigenvalue weighted by Crippen LogP contribution is -2.50. The summed E-state index contributed by atoms with van der Waals surface area (Å²) < 4.78 is 44.4. The van der Waals surface area contributed by atoms with Crippen LogP contribution in [-0.4, -0.2) is 47.6 Å². The minimum atomic E-state index is -4.23. The number of morpholine rings is 1. The predicted molar refractivity (Wildman–Crippen MR) is 78.9 cm³/mol. The summed E-state index contributed by atoms with van der Waals surface area (Å²) in [6, 6.07) is 0.629. The van der Waals surface area contributed by atoms with E-state index in [1.165, 1.54) is 17.0 Å². The molecule has 2 N–H and O–H groups in total. The zero-order valence-corrected chi connectivity index (χ0v) is 13.0. The van der Waals surface area contributed by atoms with E-state index in [0.717, 1.165) is 32.4 Å². The van der Waals surface area contributed by atoms with Crippen molar-refractivity contribution in [2.75, 3.05) is 19.8 Å². The standard InChI is InChI=1S/C15H23F3N4O/c16-15(17,18)10-22-6-4-20-14(22)8-21-12-3-1-2-11(12)13-9-23-7-5-19-13/h4,6,11-13,19,21H,1-3,5,7-10H2. The Morgan fingerprint density at radius 3 is 3.00 bits per heavy atom. The first kappa shape index (κ1) is 16.7. The summed E-state index contributed by atoms with van der Waals surface area (Å²) in [6.45, 7) is 1.69. The molecular formula is C15H23F3N4O. The molecule has 8 heteroatoms. The fourth-order valence-electron chi connectivity index (χ4n) is 3.65. The van der Waals surface area contributed by atoms with Gasteiger partial charge in [-0.1, -0.05) is 6.42 Å². The molecule has 0 radical (unpaired) electrons. The van der Waals surface area contributed by atoms with Crippen LogP contribution < -0.4 is 10.6 Å². The maximum Gasteiger partial charge on any atom is 0.406 e. The van der Waals surface area contributed by atoms with Crippen molar-refractivity contribution in [1.82, 2.24) is 20.2 Å². The predicted octanol–water partition coefficient (Wildman–Crippen LogP) is 1.69. The molecule has 0 spiro atoms. The molecule has 2 aliphatic rings. The van der Waals surface area contributed by atoms with Crippen LogP contribution in [0.1, 0.15) is 25.1 Å². The van der Waals surface area contributed by atoms with E-state index in [0.29, 0.717) is 37.0 Å². The van der Waals surface area contributed by atoms with E-state index in [4.69, 9.17) is 4.74 Å². The van der Waals surface area contributed by atoms with Crippen LogP contribution in [0, 0.1) is 5.92 Å². The van der Waals surface area contributed by atoms with Crippen LogP contribution in [0.5, 0.6) is 0 Å². The largest absolute Gasteiger partial charge is 0.406 e. The maximum atomic E-state index is 12.6. The Kier molecular flexibility index (Phi) is 5.23. The van der Waals surface area contributed by atoms with Crippen LogP contribution in [-0.2, 0) is 17.8 Å². The summed E-state index contributed by atoms with van der Waals surface area (Å²) in [5.74, 6) is 0.891. The molecule has 1 saturated carbocycles. The Balaban J connectivity index is 1.56. The fraction of sp³-hybridized carbons (Fsp3) is 0.800. The highest BCUT2D eigenvalue weighted by molar-refractivity contribution is 4.96. The Bertz CT molecular complexity index is 499. The molecule has 5 nitrogen and oxygen atoms in total. The molecule has 2 fully saturated rings.